The molecule has 17 heavy (non-hydrogen) atoms. The Morgan fingerprint density at radius 2 is 2.06 bits per heavy atom. The van der Waals surface area contributed by atoms with E-state index in [0.717, 1.165) is 11.7 Å². The Morgan fingerprint density at radius 3 is 2.71 bits per heavy atom. The summed E-state index contributed by atoms with van der Waals surface area (Å²) in [5, 5.41) is 3.45. The molecule has 2 rings (SSSR count). The molecule has 0 radical (unpaired) electrons. The largest absolute Gasteiger partial charge is 0.472 e. The third kappa shape index (κ3) is 3.32. The third-order valence-electron chi connectivity index (χ3n) is 3.05. The summed E-state index contributed by atoms with van der Waals surface area (Å²) in [6, 6.07) is 0.510. The monoisotopic (exact) mass is 235 g/mol. The Balaban J connectivity index is 2.04. The Hall–Kier alpha value is -1.32. The minimum absolute atomic E-state index is 0.120. The van der Waals surface area contributed by atoms with E-state index >= 15 is 0 Å². The van der Waals surface area contributed by atoms with E-state index in [1.165, 1.54) is 19.3 Å². The average molecular weight is 235 g/mol. The van der Waals surface area contributed by atoms with E-state index < -0.39 is 0 Å². The molecule has 1 N–H and O–H groups in total. The number of nitrogens with zero attached hydrogens (tertiary/aromatic N) is 2. The second-order valence-corrected chi connectivity index (χ2v) is 5.14. The molecule has 0 bridgehead atoms. The summed E-state index contributed by atoms with van der Waals surface area (Å²) in [5.41, 5.74) is 0. The van der Waals surface area contributed by atoms with Crippen LogP contribution in [0.2, 0.25) is 0 Å². The minimum atomic E-state index is 0.120. The van der Waals surface area contributed by atoms with Gasteiger partial charge in [0.25, 0.3) is 5.88 Å². The van der Waals surface area contributed by atoms with Crippen LogP contribution in [0.4, 0.5) is 5.82 Å². The van der Waals surface area contributed by atoms with Crippen molar-refractivity contribution < 1.29 is 4.74 Å². The highest BCUT2D eigenvalue weighted by Crippen LogP contribution is 2.29. The van der Waals surface area contributed by atoms with Crippen molar-refractivity contribution in [1.82, 2.24) is 9.97 Å². The number of anilines is 1. The first-order valence-corrected chi connectivity index (χ1v) is 6.39. The topological polar surface area (TPSA) is 47.0 Å². The number of rotatable bonds is 4. The Labute approximate surface area is 103 Å². The van der Waals surface area contributed by atoms with Crippen molar-refractivity contribution in [1.29, 1.82) is 0 Å². The molecule has 1 fully saturated rings. The highest BCUT2D eigenvalue weighted by atomic mass is 16.5. The van der Waals surface area contributed by atoms with Gasteiger partial charge in [-0.2, -0.15) is 0 Å². The lowest BCUT2D eigenvalue weighted by atomic mass is 10.1. The van der Waals surface area contributed by atoms with Gasteiger partial charge >= 0.3 is 0 Å². The van der Waals surface area contributed by atoms with Crippen molar-refractivity contribution in [2.45, 2.75) is 52.2 Å². The molecule has 1 saturated carbocycles. The van der Waals surface area contributed by atoms with Gasteiger partial charge in [0.2, 0.25) is 0 Å². The van der Waals surface area contributed by atoms with Crippen LogP contribution < -0.4 is 10.1 Å². The third-order valence-corrected chi connectivity index (χ3v) is 3.05. The maximum Gasteiger partial charge on any atom is 0.257 e. The number of hydrogen-bond donors (Lipinski definition) is 1. The number of nitrogens with one attached hydrogen (secondary N) is 1. The van der Waals surface area contributed by atoms with Crippen LogP contribution in [0.5, 0.6) is 5.88 Å². The summed E-state index contributed by atoms with van der Waals surface area (Å²) in [6.07, 6.45) is 7.19. The van der Waals surface area contributed by atoms with Gasteiger partial charge < -0.3 is 10.1 Å². The molecule has 2 atom stereocenters. The van der Waals surface area contributed by atoms with Gasteiger partial charge in [0.15, 0.2) is 5.82 Å². The molecule has 0 spiro atoms. The standard InChI is InChI=1S/C13H21N3O/c1-9(2)17-13-12(14-6-7-15-13)16-11-5-4-10(3)8-11/h6-7,9-11H,4-5,8H2,1-3H3,(H,14,16). The van der Waals surface area contributed by atoms with E-state index in [0.29, 0.717) is 11.9 Å². The summed E-state index contributed by atoms with van der Waals surface area (Å²) in [4.78, 5) is 8.55. The van der Waals surface area contributed by atoms with E-state index in [4.69, 9.17) is 4.74 Å². The van der Waals surface area contributed by atoms with E-state index in [-0.39, 0.29) is 6.10 Å². The Bertz CT molecular complexity index is 367. The van der Waals surface area contributed by atoms with Crippen LogP contribution >= 0.6 is 0 Å². The van der Waals surface area contributed by atoms with Gasteiger partial charge in [-0.1, -0.05) is 6.92 Å². The van der Waals surface area contributed by atoms with Crippen LogP contribution in [0.1, 0.15) is 40.0 Å². The zero-order valence-electron chi connectivity index (χ0n) is 10.8. The summed E-state index contributed by atoms with van der Waals surface area (Å²) >= 11 is 0. The molecule has 4 heteroatoms. The lowest BCUT2D eigenvalue weighted by molar-refractivity contribution is 0.233. The number of aromatic nitrogens is 2. The fourth-order valence-electron chi connectivity index (χ4n) is 2.27. The maximum atomic E-state index is 5.65. The fourth-order valence-corrected chi connectivity index (χ4v) is 2.27. The van der Waals surface area contributed by atoms with E-state index in [1.807, 2.05) is 13.8 Å². The second kappa shape index (κ2) is 5.34. The van der Waals surface area contributed by atoms with Crippen LogP contribution in [-0.4, -0.2) is 22.1 Å². The van der Waals surface area contributed by atoms with Crippen molar-refractivity contribution >= 4 is 5.82 Å². The van der Waals surface area contributed by atoms with Crippen LogP contribution in [0, 0.1) is 5.92 Å². The average Bonchev–Trinajstić information content (AvgIpc) is 2.66. The quantitative estimate of drug-likeness (QED) is 0.871. The zero-order chi connectivity index (χ0) is 12.3. The molecular weight excluding hydrogens is 214 g/mol. The van der Waals surface area contributed by atoms with Gasteiger partial charge in [-0.05, 0) is 39.0 Å². The van der Waals surface area contributed by atoms with Gasteiger partial charge in [-0.15, -0.1) is 0 Å². The summed E-state index contributed by atoms with van der Waals surface area (Å²) in [6.45, 7) is 6.29. The van der Waals surface area contributed by atoms with E-state index in [9.17, 15) is 0 Å². The SMILES string of the molecule is CC1CCC(Nc2nccnc2OC(C)C)C1. The van der Waals surface area contributed by atoms with Gasteiger partial charge in [0, 0.05) is 18.4 Å². The molecule has 1 aromatic rings. The van der Waals surface area contributed by atoms with Gasteiger partial charge in [0.1, 0.15) is 0 Å². The lowest BCUT2D eigenvalue weighted by Crippen LogP contribution is -2.18. The Kier molecular flexibility index (Phi) is 3.82. The summed E-state index contributed by atoms with van der Waals surface area (Å²) in [5.74, 6) is 2.20. The predicted molar refractivity (Wildman–Crippen MR) is 68.2 cm³/mol. The molecule has 1 aromatic heterocycles. The maximum absolute atomic E-state index is 5.65. The van der Waals surface area contributed by atoms with Gasteiger partial charge in [0.05, 0.1) is 6.10 Å². The van der Waals surface area contributed by atoms with E-state index in [1.54, 1.807) is 12.4 Å². The number of ether oxygens (including phenoxy) is 1. The Morgan fingerprint density at radius 1 is 1.29 bits per heavy atom. The molecule has 4 nitrogen and oxygen atoms in total. The van der Waals surface area contributed by atoms with Crippen LogP contribution in [0.15, 0.2) is 12.4 Å². The van der Waals surface area contributed by atoms with Crippen LogP contribution in [0.25, 0.3) is 0 Å². The van der Waals surface area contributed by atoms with Gasteiger partial charge in [-0.25, -0.2) is 9.97 Å². The molecule has 1 aliphatic carbocycles. The van der Waals surface area contributed by atoms with Gasteiger partial charge in [-0.3, -0.25) is 0 Å². The normalized spacial score (nSPS) is 24.0. The van der Waals surface area contributed by atoms with Crippen molar-refractivity contribution in [2.75, 3.05) is 5.32 Å². The number of hydrogen-bond acceptors (Lipinski definition) is 4. The van der Waals surface area contributed by atoms with Crippen LogP contribution in [0.3, 0.4) is 0 Å². The molecule has 94 valence electrons. The first kappa shape index (κ1) is 12.1. The molecule has 0 aliphatic heterocycles. The van der Waals surface area contributed by atoms with Crippen molar-refractivity contribution in [3.05, 3.63) is 12.4 Å². The van der Waals surface area contributed by atoms with Crippen molar-refractivity contribution in [3.63, 3.8) is 0 Å². The fraction of sp³-hybridized carbons (Fsp3) is 0.692. The molecule has 1 heterocycles. The molecule has 0 saturated heterocycles. The molecule has 2 unspecified atom stereocenters. The molecule has 0 amide bonds. The smallest absolute Gasteiger partial charge is 0.257 e. The first-order valence-electron chi connectivity index (χ1n) is 6.39. The van der Waals surface area contributed by atoms with Crippen molar-refractivity contribution in [3.8, 4) is 5.88 Å². The van der Waals surface area contributed by atoms with Crippen LogP contribution in [-0.2, 0) is 0 Å². The zero-order valence-corrected chi connectivity index (χ0v) is 10.8. The predicted octanol–water partition coefficient (Wildman–Crippen LogP) is 2.86. The molecular formula is C13H21N3O. The minimum Gasteiger partial charge on any atom is -0.472 e. The van der Waals surface area contributed by atoms with E-state index in [2.05, 4.69) is 22.2 Å². The molecule has 1 aliphatic rings. The second-order valence-electron chi connectivity index (χ2n) is 5.14. The van der Waals surface area contributed by atoms with Crippen molar-refractivity contribution in [2.24, 2.45) is 5.92 Å². The highest BCUT2D eigenvalue weighted by Gasteiger charge is 2.22. The summed E-state index contributed by atoms with van der Waals surface area (Å²) < 4.78 is 5.65. The highest BCUT2D eigenvalue weighted by molar-refractivity contribution is 5.45. The first-order chi connectivity index (χ1) is 8.15. The molecule has 0 aromatic carbocycles. The summed E-state index contributed by atoms with van der Waals surface area (Å²) in [7, 11) is 0. The lowest BCUT2D eigenvalue weighted by Gasteiger charge is -2.16.